The predicted molar refractivity (Wildman–Crippen MR) is 84.0 cm³/mol. The number of amides is 1. The van der Waals surface area contributed by atoms with Gasteiger partial charge < -0.3 is 15.4 Å². The molecule has 1 aliphatic rings. The lowest BCUT2D eigenvalue weighted by molar-refractivity contribution is -0.121. The summed E-state index contributed by atoms with van der Waals surface area (Å²) in [5.74, 6) is 0.740. The standard InChI is InChI=1S/C14H19ClN2O2.ClH/c1-17(14(18)9-3-4-10(16)7-9)11-5-6-13(19-2)12(15)8-11;/h5-6,8-10H,3-4,7,16H2,1-2H3;1H. The second-order valence-corrected chi connectivity index (χ2v) is 5.39. The fourth-order valence-electron chi connectivity index (χ4n) is 2.51. The molecule has 6 heteroatoms. The molecule has 20 heavy (non-hydrogen) atoms. The van der Waals surface area contributed by atoms with Crippen LogP contribution in [0.15, 0.2) is 18.2 Å². The number of anilines is 1. The van der Waals surface area contributed by atoms with Gasteiger partial charge in [-0.15, -0.1) is 12.4 Å². The number of ether oxygens (including phenoxy) is 1. The summed E-state index contributed by atoms with van der Waals surface area (Å²) in [5, 5.41) is 0.503. The van der Waals surface area contributed by atoms with Gasteiger partial charge in [0, 0.05) is 24.7 Å². The Morgan fingerprint density at radius 2 is 2.15 bits per heavy atom. The van der Waals surface area contributed by atoms with E-state index in [2.05, 4.69) is 0 Å². The minimum absolute atomic E-state index is 0. The van der Waals surface area contributed by atoms with Gasteiger partial charge in [-0.2, -0.15) is 0 Å². The Balaban J connectivity index is 0.00000200. The lowest BCUT2D eigenvalue weighted by Gasteiger charge is -2.21. The Bertz CT molecular complexity index is 482. The molecule has 4 nitrogen and oxygen atoms in total. The first-order valence-electron chi connectivity index (χ1n) is 6.39. The van der Waals surface area contributed by atoms with Gasteiger partial charge >= 0.3 is 0 Å². The number of nitrogens with zero attached hydrogens (tertiary/aromatic N) is 1. The molecule has 0 heterocycles. The van der Waals surface area contributed by atoms with E-state index in [0.717, 1.165) is 24.9 Å². The molecule has 112 valence electrons. The molecule has 1 saturated carbocycles. The van der Waals surface area contributed by atoms with E-state index in [1.807, 2.05) is 6.07 Å². The van der Waals surface area contributed by atoms with Crippen LogP contribution in [-0.2, 0) is 4.79 Å². The molecule has 1 aromatic carbocycles. The van der Waals surface area contributed by atoms with Crippen LogP contribution in [0.1, 0.15) is 19.3 Å². The van der Waals surface area contributed by atoms with E-state index >= 15 is 0 Å². The molecule has 2 atom stereocenters. The van der Waals surface area contributed by atoms with Crippen molar-refractivity contribution in [2.24, 2.45) is 11.7 Å². The predicted octanol–water partition coefficient (Wildman–Crippen LogP) is 2.86. The number of hydrogen-bond acceptors (Lipinski definition) is 3. The summed E-state index contributed by atoms with van der Waals surface area (Å²) >= 11 is 6.08. The molecule has 0 aliphatic heterocycles. The number of halogens is 2. The summed E-state index contributed by atoms with van der Waals surface area (Å²) in [4.78, 5) is 14.0. The summed E-state index contributed by atoms with van der Waals surface area (Å²) in [6.45, 7) is 0. The highest BCUT2D eigenvalue weighted by molar-refractivity contribution is 6.32. The number of benzene rings is 1. The summed E-state index contributed by atoms with van der Waals surface area (Å²) in [5.41, 5.74) is 6.63. The fraction of sp³-hybridized carbons (Fsp3) is 0.500. The van der Waals surface area contributed by atoms with Crippen LogP contribution in [0, 0.1) is 5.92 Å². The highest BCUT2D eigenvalue weighted by Crippen LogP contribution is 2.31. The van der Waals surface area contributed by atoms with Crippen LogP contribution < -0.4 is 15.4 Å². The molecule has 2 N–H and O–H groups in total. The maximum atomic E-state index is 12.4. The maximum Gasteiger partial charge on any atom is 0.229 e. The van der Waals surface area contributed by atoms with Gasteiger partial charge in [-0.05, 0) is 37.5 Å². The zero-order chi connectivity index (χ0) is 14.0. The van der Waals surface area contributed by atoms with Crippen molar-refractivity contribution < 1.29 is 9.53 Å². The average molecular weight is 319 g/mol. The summed E-state index contributed by atoms with van der Waals surface area (Å²) < 4.78 is 5.10. The number of rotatable bonds is 3. The van der Waals surface area contributed by atoms with Crippen molar-refractivity contribution in [1.82, 2.24) is 0 Å². The summed E-state index contributed by atoms with van der Waals surface area (Å²) in [6, 6.07) is 5.49. The van der Waals surface area contributed by atoms with Gasteiger partial charge in [-0.3, -0.25) is 4.79 Å². The number of carbonyl (C=O) groups excluding carboxylic acids is 1. The van der Waals surface area contributed by atoms with Gasteiger partial charge in [0.2, 0.25) is 5.91 Å². The Hall–Kier alpha value is -0.970. The zero-order valence-corrected chi connectivity index (χ0v) is 13.2. The van der Waals surface area contributed by atoms with Crippen LogP contribution in [0.2, 0.25) is 5.02 Å². The third kappa shape index (κ3) is 3.57. The van der Waals surface area contributed by atoms with Gasteiger partial charge in [0.05, 0.1) is 12.1 Å². The van der Waals surface area contributed by atoms with E-state index in [9.17, 15) is 4.79 Å². The van der Waals surface area contributed by atoms with Crippen molar-refractivity contribution in [3.05, 3.63) is 23.2 Å². The van der Waals surface area contributed by atoms with Gasteiger partial charge in [0.15, 0.2) is 0 Å². The van der Waals surface area contributed by atoms with Crippen LogP contribution in [0.3, 0.4) is 0 Å². The Kier molecular flexibility index (Phi) is 6.11. The number of carbonyl (C=O) groups is 1. The lowest BCUT2D eigenvalue weighted by atomic mass is 10.1. The number of methoxy groups -OCH3 is 1. The van der Waals surface area contributed by atoms with Crippen molar-refractivity contribution in [3.63, 3.8) is 0 Å². The Morgan fingerprint density at radius 1 is 1.45 bits per heavy atom. The third-order valence-corrected chi connectivity index (χ3v) is 3.97. The van der Waals surface area contributed by atoms with Crippen LogP contribution in [0.4, 0.5) is 5.69 Å². The Morgan fingerprint density at radius 3 is 2.65 bits per heavy atom. The lowest BCUT2D eigenvalue weighted by Crippen LogP contribution is -2.32. The van der Waals surface area contributed by atoms with Crippen molar-refractivity contribution in [1.29, 1.82) is 0 Å². The molecular weight excluding hydrogens is 299 g/mol. The van der Waals surface area contributed by atoms with Crippen LogP contribution in [-0.4, -0.2) is 26.1 Å². The van der Waals surface area contributed by atoms with Gasteiger partial charge in [0.1, 0.15) is 5.75 Å². The first-order valence-corrected chi connectivity index (χ1v) is 6.77. The van der Waals surface area contributed by atoms with E-state index < -0.39 is 0 Å². The number of nitrogens with two attached hydrogens (primary N) is 1. The van der Waals surface area contributed by atoms with Crippen molar-refractivity contribution >= 4 is 35.6 Å². The molecule has 0 spiro atoms. The second kappa shape index (κ2) is 7.16. The smallest absolute Gasteiger partial charge is 0.229 e. The maximum absolute atomic E-state index is 12.4. The average Bonchev–Trinajstić information content (AvgIpc) is 2.83. The van der Waals surface area contributed by atoms with Crippen molar-refractivity contribution in [3.8, 4) is 5.75 Å². The molecular formula is C14H20Cl2N2O2. The molecule has 0 aromatic heterocycles. The highest BCUT2D eigenvalue weighted by atomic mass is 35.5. The normalized spacial score (nSPS) is 21.2. The van der Waals surface area contributed by atoms with E-state index in [0.29, 0.717) is 10.8 Å². The summed E-state index contributed by atoms with van der Waals surface area (Å²) in [7, 11) is 3.33. The molecule has 1 fully saturated rings. The molecule has 1 aliphatic carbocycles. The number of hydrogen-bond donors (Lipinski definition) is 1. The molecule has 0 bridgehead atoms. The molecule has 1 aromatic rings. The van der Waals surface area contributed by atoms with E-state index in [1.54, 1.807) is 31.2 Å². The van der Waals surface area contributed by atoms with Gasteiger partial charge in [-0.25, -0.2) is 0 Å². The SMILES string of the molecule is COc1ccc(N(C)C(=O)C2CCC(N)C2)cc1Cl.Cl. The van der Waals surface area contributed by atoms with E-state index in [-0.39, 0.29) is 30.3 Å². The van der Waals surface area contributed by atoms with Crippen LogP contribution in [0.25, 0.3) is 0 Å². The van der Waals surface area contributed by atoms with Gasteiger partial charge in [0.25, 0.3) is 0 Å². The molecule has 0 radical (unpaired) electrons. The molecule has 2 rings (SSSR count). The van der Waals surface area contributed by atoms with Crippen LogP contribution in [0.5, 0.6) is 5.75 Å². The monoisotopic (exact) mass is 318 g/mol. The van der Waals surface area contributed by atoms with Crippen molar-refractivity contribution in [2.45, 2.75) is 25.3 Å². The minimum Gasteiger partial charge on any atom is -0.495 e. The molecule has 0 saturated heterocycles. The van der Waals surface area contributed by atoms with E-state index in [4.69, 9.17) is 22.1 Å². The fourth-order valence-corrected chi connectivity index (χ4v) is 2.76. The molecule has 1 amide bonds. The Labute approximate surface area is 130 Å². The summed E-state index contributed by atoms with van der Waals surface area (Å²) in [6.07, 6.45) is 2.56. The van der Waals surface area contributed by atoms with Gasteiger partial charge in [-0.1, -0.05) is 11.6 Å². The topological polar surface area (TPSA) is 55.6 Å². The largest absolute Gasteiger partial charge is 0.495 e. The first-order chi connectivity index (χ1) is 9.02. The second-order valence-electron chi connectivity index (χ2n) is 4.99. The first kappa shape index (κ1) is 17.1. The molecule has 2 unspecified atom stereocenters. The third-order valence-electron chi connectivity index (χ3n) is 3.68. The van der Waals surface area contributed by atoms with E-state index in [1.165, 1.54) is 0 Å². The zero-order valence-electron chi connectivity index (χ0n) is 11.6. The van der Waals surface area contributed by atoms with Crippen LogP contribution >= 0.6 is 24.0 Å². The van der Waals surface area contributed by atoms with Crippen molar-refractivity contribution in [2.75, 3.05) is 19.1 Å². The highest BCUT2D eigenvalue weighted by Gasteiger charge is 2.30. The quantitative estimate of drug-likeness (QED) is 0.932. The minimum atomic E-state index is 0.